The molecule has 11 heteroatoms. The van der Waals surface area contributed by atoms with Crippen LogP contribution in [0.15, 0.2) is 58.8 Å². The molecule has 0 unspecified atom stereocenters. The van der Waals surface area contributed by atoms with Crippen molar-refractivity contribution in [1.29, 1.82) is 0 Å². The van der Waals surface area contributed by atoms with Crippen molar-refractivity contribution in [1.82, 2.24) is 34.4 Å². The maximum atomic E-state index is 13.2. The standard InChI is InChI=1S/C26H29ClN8O2/c1-4-11-33-25(37)21-15-29-26(30-20-13-18(12-19(27)14-20)17-7-9-28-10-8-17)31-24(21)35(33)22-5-6-23(36)34(32-22)16(2)3/h4-6,12-17,28H,1,7-11H2,2-3H3,(H,29,30,31). The molecule has 192 valence electrons. The van der Waals surface area contributed by atoms with Crippen molar-refractivity contribution in [2.24, 2.45) is 0 Å². The second kappa shape index (κ2) is 10.3. The fraction of sp³-hybridized carbons (Fsp3) is 0.346. The van der Waals surface area contributed by atoms with E-state index in [0.29, 0.717) is 33.7 Å². The lowest BCUT2D eigenvalue weighted by molar-refractivity contribution is 0.460. The number of benzene rings is 1. The SMILES string of the molecule is C=CCn1c(=O)c2cnc(Nc3cc(Cl)cc(C4CCNCC4)c3)nc2n1-c1ccc(=O)n(C(C)C)n1. The first kappa shape index (κ1) is 24.9. The Kier molecular flexibility index (Phi) is 6.94. The molecule has 37 heavy (non-hydrogen) atoms. The van der Waals surface area contributed by atoms with Crippen LogP contribution in [0.4, 0.5) is 11.6 Å². The van der Waals surface area contributed by atoms with Gasteiger partial charge in [0.05, 0.1) is 12.6 Å². The molecule has 0 bridgehead atoms. The van der Waals surface area contributed by atoms with Gasteiger partial charge < -0.3 is 10.6 Å². The zero-order valence-corrected chi connectivity index (χ0v) is 21.6. The Bertz CT molecular complexity index is 1580. The quantitative estimate of drug-likeness (QED) is 0.357. The minimum absolute atomic E-state index is 0.155. The smallest absolute Gasteiger partial charge is 0.278 e. The van der Waals surface area contributed by atoms with Gasteiger partial charge in [0.2, 0.25) is 5.95 Å². The van der Waals surface area contributed by atoms with E-state index >= 15 is 0 Å². The summed E-state index contributed by atoms with van der Waals surface area (Å²) in [6.45, 7) is 9.72. The highest BCUT2D eigenvalue weighted by Crippen LogP contribution is 2.31. The first-order valence-corrected chi connectivity index (χ1v) is 12.7. The molecule has 4 heterocycles. The van der Waals surface area contributed by atoms with E-state index in [1.165, 1.54) is 27.2 Å². The Hall–Kier alpha value is -3.76. The third-order valence-electron chi connectivity index (χ3n) is 6.48. The Morgan fingerprint density at radius 1 is 1.22 bits per heavy atom. The molecule has 4 aromatic rings. The van der Waals surface area contributed by atoms with Gasteiger partial charge in [0.1, 0.15) is 5.39 Å². The summed E-state index contributed by atoms with van der Waals surface area (Å²) in [4.78, 5) is 34.6. The summed E-state index contributed by atoms with van der Waals surface area (Å²) in [5, 5.41) is 12.1. The summed E-state index contributed by atoms with van der Waals surface area (Å²) in [5.41, 5.74) is 1.81. The number of halogens is 1. The van der Waals surface area contributed by atoms with Gasteiger partial charge in [0.15, 0.2) is 11.5 Å². The van der Waals surface area contributed by atoms with Gasteiger partial charge in [-0.15, -0.1) is 11.7 Å². The van der Waals surface area contributed by atoms with Gasteiger partial charge in [-0.2, -0.15) is 4.98 Å². The van der Waals surface area contributed by atoms with E-state index in [1.54, 1.807) is 16.8 Å². The predicted octanol–water partition coefficient (Wildman–Crippen LogP) is 3.77. The predicted molar refractivity (Wildman–Crippen MR) is 145 cm³/mol. The van der Waals surface area contributed by atoms with Crippen LogP contribution in [0.3, 0.4) is 0 Å². The summed E-state index contributed by atoms with van der Waals surface area (Å²) in [6.07, 6.45) is 5.23. The molecular formula is C26H29ClN8O2. The number of aromatic nitrogens is 6. The van der Waals surface area contributed by atoms with Gasteiger partial charge in [-0.25, -0.2) is 19.0 Å². The monoisotopic (exact) mass is 520 g/mol. The fourth-order valence-electron chi connectivity index (χ4n) is 4.71. The second-order valence-electron chi connectivity index (χ2n) is 9.41. The highest BCUT2D eigenvalue weighted by Gasteiger charge is 2.20. The third kappa shape index (κ3) is 4.94. The van der Waals surface area contributed by atoms with Crippen LogP contribution in [0, 0.1) is 0 Å². The number of allylic oxidation sites excluding steroid dienone is 1. The van der Waals surface area contributed by atoms with E-state index in [2.05, 4.69) is 38.3 Å². The van der Waals surface area contributed by atoms with Crippen LogP contribution in [-0.4, -0.2) is 42.2 Å². The second-order valence-corrected chi connectivity index (χ2v) is 9.85. The molecule has 1 fully saturated rings. The van der Waals surface area contributed by atoms with Crippen LogP contribution in [0.5, 0.6) is 0 Å². The lowest BCUT2D eigenvalue weighted by atomic mass is 9.90. The lowest BCUT2D eigenvalue weighted by Crippen LogP contribution is -2.28. The zero-order chi connectivity index (χ0) is 26.1. The van der Waals surface area contributed by atoms with Crippen molar-refractivity contribution in [2.75, 3.05) is 18.4 Å². The van der Waals surface area contributed by atoms with Crippen molar-refractivity contribution >= 4 is 34.3 Å². The van der Waals surface area contributed by atoms with Gasteiger partial charge in [-0.1, -0.05) is 17.7 Å². The van der Waals surface area contributed by atoms with Crippen LogP contribution < -0.4 is 21.8 Å². The molecule has 1 aromatic carbocycles. The zero-order valence-electron chi connectivity index (χ0n) is 20.8. The van der Waals surface area contributed by atoms with Crippen LogP contribution >= 0.6 is 11.6 Å². The van der Waals surface area contributed by atoms with Crippen LogP contribution in [0.25, 0.3) is 16.9 Å². The van der Waals surface area contributed by atoms with E-state index in [1.807, 2.05) is 26.0 Å². The van der Waals surface area contributed by atoms with E-state index < -0.39 is 0 Å². The number of piperidine rings is 1. The first-order chi connectivity index (χ1) is 17.9. The van der Waals surface area contributed by atoms with E-state index in [0.717, 1.165) is 31.6 Å². The van der Waals surface area contributed by atoms with E-state index in [-0.39, 0.29) is 23.7 Å². The van der Waals surface area contributed by atoms with Gasteiger partial charge in [-0.3, -0.25) is 9.59 Å². The Labute approximate surface area is 218 Å². The fourth-order valence-corrected chi connectivity index (χ4v) is 4.95. The van der Waals surface area contributed by atoms with Crippen molar-refractivity contribution < 1.29 is 0 Å². The summed E-state index contributed by atoms with van der Waals surface area (Å²) >= 11 is 6.46. The molecule has 10 nitrogen and oxygen atoms in total. The molecule has 3 aromatic heterocycles. The largest absolute Gasteiger partial charge is 0.324 e. The van der Waals surface area contributed by atoms with Gasteiger partial charge >= 0.3 is 0 Å². The van der Waals surface area contributed by atoms with E-state index in [4.69, 9.17) is 11.6 Å². The normalized spacial score (nSPS) is 14.4. The average Bonchev–Trinajstić information content (AvgIpc) is 3.15. The van der Waals surface area contributed by atoms with Gasteiger partial charge in [0.25, 0.3) is 11.1 Å². The first-order valence-electron chi connectivity index (χ1n) is 12.3. The van der Waals surface area contributed by atoms with Gasteiger partial charge in [0, 0.05) is 23.0 Å². The molecule has 0 atom stereocenters. The molecule has 0 radical (unpaired) electrons. The van der Waals surface area contributed by atoms with Crippen molar-refractivity contribution in [2.45, 2.75) is 45.2 Å². The number of hydrogen-bond donors (Lipinski definition) is 2. The molecule has 0 saturated carbocycles. The Morgan fingerprint density at radius 3 is 2.73 bits per heavy atom. The highest BCUT2D eigenvalue weighted by atomic mass is 35.5. The van der Waals surface area contributed by atoms with Gasteiger partial charge in [-0.05, 0) is 75.5 Å². The minimum atomic E-state index is -0.276. The van der Waals surface area contributed by atoms with Crippen LogP contribution in [0.1, 0.15) is 44.2 Å². The number of hydrogen-bond acceptors (Lipinski definition) is 7. The maximum absolute atomic E-state index is 13.2. The summed E-state index contributed by atoms with van der Waals surface area (Å²) < 4.78 is 4.45. The molecule has 0 spiro atoms. The van der Waals surface area contributed by atoms with Crippen molar-refractivity contribution in [3.8, 4) is 5.82 Å². The van der Waals surface area contributed by atoms with Crippen molar-refractivity contribution in [3.63, 3.8) is 0 Å². The molecule has 1 aliphatic heterocycles. The average molecular weight is 521 g/mol. The topological polar surface area (TPSA) is 112 Å². The molecule has 1 aliphatic rings. The number of rotatable bonds is 7. The van der Waals surface area contributed by atoms with E-state index in [9.17, 15) is 9.59 Å². The third-order valence-corrected chi connectivity index (χ3v) is 6.70. The Morgan fingerprint density at radius 2 is 2.00 bits per heavy atom. The molecule has 1 saturated heterocycles. The lowest BCUT2D eigenvalue weighted by Gasteiger charge is -2.23. The van der Waals surface area contributed by atoms with Crippen LogP contribution in [-0.2, 0) is 6.54 Å². The molecule has 5 rings (SSSR count). The minimum Gasteiger partial charge on any atom is -0.324 e. The molecule has 0 amide bonds. The maximum Gasteiger partial charge on any atom is 0.278 e. The number of nitrogens with zero attached hydrogens (tertiary/aromatic N) is 6. The summed E-state index contributed by atoms with van der Waals surface area (Å²) in [6, 6.07) is 8.77. The molecular weight excluding hydrogens is 492 g/mol. The molecule has 2 N–H and O–H groups in total. The Balaban J connectivity index is 1.60. The molecule has 0 aliphatic carbocycles. The number of anilines is 2. The number of nitrogens with one attached hydrogen (secondary N) is 2. The van der Waals surface area contributed by atoms with Crippen LogP contribution in [0.2, 0.25) is 5.02 Å². The number of fused-ring (bicyclic) bond motifs is 1. The highest BCUT2D eigenvalue weighted by molar-refractivity contribution is 6.31. The summed E-state index contributed by atoms with van der Waals surface area (Å²) in [5.74, 6) is 1.14. The van der Waals surface area contributed by atoms with Crippen molar-refractivity contribution in [3.05, 3.63) is 80.5 Å². The summed E-state index contributed by atoms with van der Waals surface area (Å²) in [7, 11) is 0.